The highest BCUT2D eigenvalue weighted by Gasteiger charge is 2.43. The second kappa shape index (κ2) is 11.5. The molecule has 0 N–H and O–H groups in total. The Morgan fingerprint density at radius 1 is 1.00 bits per heavy atom. The van der Waals surface area contributed by atoms with Crippen LogP contribution in [0.25, 0.3) is 0 Å². The monoisotopic (exact) mass is 546 g/mol. The summed E-state index contributed by atoms with van der Waals surface area (Å²) in [5.41, 5.74) is 1.65. The van der Waals surface area contributed by atoms with Crippen molar-refractivity contribution >= 4 is 16.1 Å². The first kappa shape index (κ1) is 28.3. The van der Waals surface area contributed by atoms with Crippen molar-refractivity contribution in [3.05, 3.63) is 71.8 Å². The summed E-state index contributed by atoms with van der Waals surface area (Å²) in [5.74, 6) is -0.923. The third-order valence-electron chi connectivity index (χ3n) is 6.26. The van der Waals surface area contributed by atoms with Gasteiger partial charge in [-0.1, -0.05) is 42.0 Å². The van der Waals surface area contributed by atoms with Gasteiger partial charge in [0.25, 0.3) is 10.1 Å². The second-order valence-corrected chi connectivity index (χ2v) is 11.5. The number of hydrogen-bond acceptors (Lipinski definition) is 9. The molecule has 5 atom stereocenters. The van der Waals surface area contributed by atoms with Gasteiger partial charge in [0.1, 0.15) is 24.1 Å². The van der Waals surface area contributed by atoms with E-state index in [4.69, 9.17) is 27.9 Å². The van der Waals surface area contributed by atoms with E-state index >= 15 is 0 Å². The van der Waals surface area contributed by atoms with Gasteiger partial charge in [-0.05, 0) is 57.5 Å². The van der Waals surface area contributed by atoms with Crippen molar-refractivity contribution in [1.29, 1.82) is 0 Å². The Labute approximate surface area is 223 Å². The lowest BCUT2D eigenvalue weighted by atomic mass is 10.0. The summed E-state index contributed by atoms with van der Waals surface area (Å²) in [6, 6.07) is 13.4. The molecule has 0 unspecified atom stereocenters. The van der Waals surface area contributed by atoms with Crippen LogP contribution in [0.4, 0.5) is 0 Å². The molecular weight excluding hydrogens is 512 g/mol. The third kappa shape index (κ3) is 7.00. The van der Waals surface area contributed by atoms with E-state index in [1.807, 2.05) is 6.92 Å². The number of rotatable bonds is 7. The highest BCUT2D eigenvalue weighted by atomic mass is 32.2. The van der Waals surface area contributed by atoms with Crippen molar-refractivity contribution < 1.29 is 41.1 Å². The molecular formula is C28H34O9S. The average molecular weight is 547 g/mol. The summed E-state index contributed by atoms with van der Waals surface area (Å²) in [7, 11) is -2.69. The van der Waals surface area contributed by atoms with Crippen molar-refractivity contribution in [1.82, 2.24) is 0 Å². The van der Waals surface area contributed by atoms with Crippen molar-refractivity contribution in [2.75, 3.05) is 7.11 Å². The van der Waals surface area contributed by atoms with Gasteiger partial charge < -0.3 is 23.7 Å². The molecule has 206 valence electrons. The topological polar surface area (TPSA) is 107 Å². The number of cyclic esters (lactones) is 1. The number of aryl methyl sites for hydroxylation is 1. The zero-order valence-electron chi connectivity index (χ0n) is 22.2. The van der Waals surface area contributed by atoms with Crippen LogP contribution in [0.2, 0.25) is 0 Å². The lowest BCUT2D eigenvalue weighted by Crippen LogP contribution is -2.42. The Morgan fingerprint density at radius 2 is 1.68 bits per heavy atom. The van der Waals surface area contributed by atoms with Crippen LogP contribution in [0.1, 0.15) is 38.3 Å². The van der Waals surface area contributed by atoms with E-state index < -0.39 is 52.4 Å². The Hall–Kier alpha value is -2.76. The first-order valence-corrected chi connectivity index (χ1v) is 13.9. The van der Waals surface area contributed by atoms with Crippen LogP contribution in [0.5, 0.6) is 5.75 Å². The number of esters is 1. The van der Waals surface area contributed by atoms with Crippen molar-refractivity contribution in [3.8, 4) is 5.75 Å². The Balaban J connectivity index is 1.66. The molecule has 0 aromatic heterocycles. The SMILES string of the molecule is COc1ccc(CO[C@@H]2C(=O)O[C@H](C)C[C@H]3OC(C)(C)O[C@H]3/C=C/[C@H]2OS(=O)(=O)c2ccc(C)cc2)cc1. The van der Waals surface area contributed by atoms with Crippen LogP contribution < -0.4 is 4.74 Å². The Bertz CT molecular complexity index is 1240. The predicted molar refractivity (Wildman–Crippen MR) is 138 cm³/mol. The minimum absolute atomic E-state index is 0.00904. The highest BCUT2D eigenvalue weighted by molar-refractivity contribution is 7.86. The lowest BCUT2D eigenvalue weighted by Gasteiger charge is -2.28. The van der Waals surface area contributed by atoms with Crippen LogP contribution in [-0.4, -0.2) is 57.8 Å². The quantitative estimate of drug-likeness (QED) is 0.289. The molecule has 1 saturated heterocycles. The summed E-state index contributed by atoms with van der Waals surface area (Å²) in [6.45, 7) is 7.19. The third-order valence-corrected chi connectivity index (χ3v) is 7.59. The number of methoxy groups -OCH3 is 1. The number of ether oxygens (including phenoxy) is 5. The maximum atomic E-state index is 13.3. The molecule has 2 aliphatic rings. The zero-order valence-corrected chi connectivity index (χ0v) is 23.0. The first-order chi connectivity index (χ1) is 18.0. The maximum absolute atomic E-state index is 13.3. The van der Waals surface area contributed by atoms with Crippen LogP contribution >= 0.6 is 0 Å². The normalized spacial score (nSPS) is 28.2. The summed E-state index contributed by atoms with van der Waals surface area (Å²) in [5, 5.41) is 0. The second-order valence-electron chi connectivity index (χ2n) is 9.91. The summed E-state index contributed by atoms with van der Waals surface area (Å²) < 4.78 is 60.9. The van der Waals surface area contributed by atoms with E-state index in [2.05, 4.69) is 0 Å². The standard InChI is InChI=1S/C28H34O9S/c1-18-6-12-22(13-7-18)38(30,31)37-24-15-14-23-25(36-28(3,4)35-23)16-19(2)34-27(29)26(24)33-17-20-8-10-21(32-5)11-9-20/h6-15,19,23-26H,16-17H2,1-5H3/b15-14+/t19-,23+,24-,25-,26+/m1/s1. The number of hydrogen-bond donors (Lipinski definition) is 0. The molecule has 0 spiro atoms. The molecule has 1 fully saturated rings. The summed E-state index contributed by atoms with van der Waals surface area (Å²) in [4.78, 5) is 13.3. The number of carbonyl (C=O) groups excluding carboxylic acids is 1. The van der Waals surface area contributed by atoms with Gasteiger partial charge in [-0.15, -0.1) is 0 Å². The Morgan fingerprint density at radius 3 is 2.34 bits per heavy atom. The maximum Gasteiger partial charge on any atom is 0.338 e. The molecule has 9 nitrogen and oxygen atoms in total. The summed E-state index contributed by atoms with van der Waals surface area (Å²) >= 11 is 0. The number of carbonyl (C=O) groups is 1. The Kier molecular flexibility index (Phi) is 8.59. The predicted octanol–water partition coefficient (Wildman–Crippen LogP) is 4.07. The van der Waals surface area contributed by atoms with Gasteiger partial charge in [0.15, 0.2) is 11.9 Å². The van der Waals surface area contributed by atoms with Gasteiger partial charge in [0.2, 0.25) is 0 Å². The van der Waals surface area contributed by atoms with Crippen molar-refractivity contribution in [2.24, 2.45) is 0 Å². The van der Waals surface area contributed by atoms with E-state index in [1.165, 1.54) is 18.2 Å². The molecule has 0 amide bonds. The molecule has 4 rings (SSSR count). The van der Waals surface area contributed by atoms with Crippen LogP contribution in [0, 0.1) is 6.92 Å². The molecule has 2 aliphatic heterocycles. The molecule has 2 aromatic rings. The van der Waals surface area contributed by atoms with Crippen molar-refractivity contribution in [3.63, 3.8) is 0 Å². The number of fused-ring (bicyclic) bond motifs is 1. The fourth-order valence-corrected chi connectivity index (χ4v) is 5.40. The van der Waals surface area contributed by atoms with Gasteiger partial charge in [-0.25, -0.2) is 4.79 Å². The largest absolute Gasteiger partial charge is 0.497 e. The van der Waals surface area contributed by atoms with Gasteiger partial charge in [-0.3, -0.25) is 4.18 Å². The van der Waals surface area contributed by atoms with Crippen LogP contribution in [0.15, 0.2) is 65.6 Å². The van der Waals surface area contributed by atoms with Gasteiger partial charge in [0, 0.05) is 6.42 Å². The van der Waals surface area contributed by atoms with Gasteiger partial charge >= 0.3 is 5.97 Å². The molecule has 0 saturated carbocycles. The molecule has 0 aliphatic carbocycles. The molecule has 2 aromatic carbocycles. The molecule has 0 bridgehead atoms. The van der Waals surface area contributed by atoms with Crippen LogP contribution in [0.3, 0.4) is 0 Å². The minimum Gasteiger partial charge on any atom is -0.497 e. The fraction of sp³-hybridized carbons (Fsp3) is 0.464. The summed E-state index contributed by atoms with van der Waals surface area (Å²) in [6.07, 6.45) is -0.597. The first-order valence-electron chi connectivity index (χ1n) is 12.4. The average Bonchev–Trinajstić information content (AvgIpc) is 3.15. The van der Waals surface area contributed by atoms with E-state index in [0.717, 1.165) is 11.1 Å². The van der Waals surface area contributed by atoms with E-state index in [-0.39, 0.29) is 11.5 Å². The molecule has 38 heavy (non-hydrogen) atoms. The molecule has 0 radical (unpaired) electrons. The smallest absolute Gasteiger partial charge is 0.338 e. The highest BCUT2D eigenvalue weighted by Crippen LogP contribution is 2.33. The van der Waals surface area contributed by atoms with E-state index in [9.17, 15) is 13.2 Å². The molecule has 10 heteroatoms. The number of benzene rings is 2. The lowest BCUT2D eigenvalue weighted by molar-refractivity contribution is -0.170. The van der Waals surface area contributed by atoms with Crippen LogP contribution in [-0.2, 0) is 44.7 Å². The zero-order chi connectivity index (χ0) is 27.5. The van der Waals surface area contributed by atoms with Gasteiger partial charge in [0.05, 0.1) is 24.7 Å². The van der Waals surface area contributed by atoms with Crippen molar-refractivity contribution in [2.45, 2.75) is 81.9 Å². The van der Waals surface area contributed by atoms with E-state index in [1.54, 1.807) is 70.4 Å². The molecule has 2 heterocycles. The minimum atomic E-state index is -4.26. The van der Waals surface area contributed by atoms with Gasteiger partial charge in [-0.2, -0.15) is 8.42 Å². The van der Waals surface area contributed by atoms with E-state index in [0.29, 0.717) is 12.2 Å². The fourth-order valence-electron chi connectivity index (χ4n) is 4.36.